The second kappa shape index (κ2) is 10.4. The smallest absolute Gasteiger partial charge is 0.227 e. The molecule has 0 aliphatic carbocycles. The first-order chi connectivity index (χ1) is 18.2. The summed E-state index contributed by atoms with van der Waals surface area (Å²) < 4.78 is 3.48. The summed E-state index contributed by atoms with van der Waals surface area (Å²) in [5.74, 6) is 0.677. The maximum absolute atomic E-state index is 13.2. The van der Waals surface area contributed by atoms with Gasteiger partial charge in [-0.3, -0.25) is 14.4 Å². The summed E-state index contributed by atoms with van der Waals surface area (Å²) in [6.07, 6.45) is 8.49. The van der Waals surface area contributed by atoms with Crippen LogP contribution in [0.5, 0.6) is 0 Å². The van der Waals surface area contributed by atoms with Crippen LogP contribution in [0, 0.1) is 0 Å². The summed E-state index contributed by atoms with van der Waals surface area (Å²) in [5, 5.41) is 15.8. The first kappa shape index (κ1) is 25.7. The lowest BCUT2D eigenvalue weighted by atomic mass is 9.87. The molecule has 0 saturated heterocycles. The van der Waals surface area contributed by atoms with Crippen LogP contribution in [0.1, 0.15) is 68.1 Å². The van der Waals surface area contributed by atoms with Crippen molar-refractivity contribution >= 4 is 17.4 Å². The van der Waals surface area contributed by atoms with E-state index in [0.717, 1.165) is 43.0 Å². The largest absolute Gasteiger partial charge is 0.321 e. The van der Waals surface area contributed by atoms with Gasteiger partial charge in [0.15, 0.2) is 5.78 Å². The molecular weight excluding hydrogens is 478 g/mol. The molecule has 38 heavy (non-hydrogen) atoms. The monoisotopic (exact) mass is 513 g/mol. The van der Waals surface area contributed by atoms with Gasteiger partial charge in [-0.05, 0) is 69.5 Å². The molecule has 0 radical (unpaired) electrons. The highest BCUT2D eigenvalue weighted by atomic mass is 16.1. The van der Waals surface area contributed by atoms with Gasteiger partial charge in [0, 0.05) is 38.0 Å². The third kappa shape index (κ3) is 5.65. The molecule has 0 amide bonds. The Kier molecular flexibility index (Phi) is 7.07. The molecule has 4 heterocycles. The third-order valence-corrected chi connectivity index (χ3v) is 7.03. The van der Waals surface area contributed by atoms with Gasteiger partial charge in [-0.1, -0.05) is 24.3 Å². The molecule has 0 unspecified atom stereocenters. The fraction of sp³-hybridized carbons (Fsp3) is 0.429. The molecule has 10 heteroatoms. The lowest BCUT2D eigenvalue weighted by Gasteiger charge is -2.18. The predicted octanol–water partition coefficient (Wildman–Crippen LogP) is 4.55. The van der Waals surface area contributed by atoms with E-state index >= 15 is 0 Å². The third-order valence-electron chi connectivity index (χ3n) is 7.03. The Morgan fingerprint density at radius 2 is 2.03 bits per heavy atom. The summed E-state index contributed by atoms with van der Waals surface area (Å²) in [5.41, 5.74) is 5.38. The Morgan fingerprint density at radius 3 is 2.74 bits per heavy atom. The Balaban J connectivity index is 1.40. The normalized spacial score (nSPS) is 16.2. The number of hydrogen-bond acceptors (Lipinski definition) is 8. The maximum Gasteiger partial charge on any atom is 0.227 e. The molecular formula is C28H35N9O. The summed E-state index contributed by atoms with van der Waals surface area (Å²) >= 11 is 0. The van der Waals surface area contributed by atoms with Gasteiger partial charge in [0.25, 0.3) is 0 Å². The number of nitrogens with zero attached hydrogens (tertiary/aromatic N) is 8. The quantitative estimate of drug-likeness (QED) is 0.359. The molecule has 0 saturated carbocycles. The van der Waals surface area contributed by atoms with Crippen molar-refractivity contribution in [2.45, 2.75) is 58.5 Å². The van der Waals surface area contributed by atoms with Crippen LogP contribution in [0.2, 0.25) is 0 Å². The molecule has 1 aliphatic heterocycles. The van der Waals surface area contributed by atoms with Crippen LogP contribution in [0.4, 0.5) is 11.6 Å². The van der Waals surface area contributed by atoms with E-state index in [1.54, 1.807) is 28.0 Å². The van der Waals surface area contributed by atoms with Gasteiger partial charge < -0.3 is 5.32 Å². The zero-order valence-corrected chi connectivity index (χ0v) is 22.7. The summed E-state index contributed by atoms with van der Waals surface area (Å²) in [6, 6.07) is 8.41. The molecule has 1 aliphatic rings. The van der Waals surface area contributed by atoms with E-state index in [1.807, 2.05) is 40.1 Å². The molecule has 0 spiro atoms. The number of anilines is 2. The van der Waals surface area contributed by atoms with Crippen LogP contribution in [-0.2, 0) is 19.1 Å². The van der Waals surface area contributed by atoms with Gasteiger partial charge in [-0.25, -0.2) is 14.6 Å². The molecule has 1 aromatic carbocycles. The molecule has 1 atom stereocenters. The first-order valence-electron chi connectivity index (χ1n) is 13.1. The summed E-state index contributed by atoms with van der Waals surface area (Å²) in [4.78, 5) is 24.8. The molecule has 3 aromatic heterocycles. The number of rotatable bonds is 7. The standard InChI is InChI=1S/C28H35N9O/c1-6-36-12-10-19(14-26(38)25-18-37(34-33-25)28(2,3)4)23-8-7-20(13-21(23)16-36)24-9-11-29-27(32-24)31-22-15-30-35(5)17-22/h7-9,11,13,15,17-19H,6,10,12,14,16H2,1-5H3,(H,29,31,32)/t19-/m0/s1. The van der Waals surface area contributed by atoms with Gasteiger partial charge >= 0.3 is 0 Å². The number of nitrogens with one attached hydrogen (secondary N) is 1. The molecule has 0 fully saturated rings. The number of aromatic nitrogens is 7. The molecule has 198 valence electrons. The lowest BCUT2D eigenvalue weighted by Crippen LogP contribution is -2.23. The zero-order chi connectivity index (χ0) is 26.9. The Bertz CT molecular complexity index is 1430. The van der Waals surface area contributed by atoms with Gasteiger partial charge in [0.05, 0.1) is 29.3 Å². The van der Waals surface area contributed by atoms with E-state index < -0.39 is 0 Å². The Morgan fingerprint density at radius 1 is 1.18 bits per heavy atom. The van der Waals surface area contributed by atoms with Crippen LogP contribution in [-0.4, -0.2) is 58.5 Å². The minimum Gasteiger partial charge on any atom is -0.321 e. The number of benzene rings is 1. The molecule has 0 bridgehead atoms. The van der Waals surface area contributed by atoms with Crippen LogP contribution in [0.15, 0.2) is 49.1 Å². The fourth-order valence-electron chi connectivity index (χ4n) is 4.84. The number of aryl methyl sites for hydroxylation is 1. The maximum atomic E-state index is 13.2. The van der Waals surface area contributed by atoms with Crippen LogP contribution < -0.4 is 5.32 Å². The van der Waals surface area contributed by atoms with Crippen molar-refractivity contribution in [3.8, 4) is 11.3 Å². The van der Waals surface area contributed by atoms with E-state index in [-0.39, 0.29) is 17.2 Å². The van der Waals surface area contributed by atoms with Crippen molar-refractivity contribution < 1.29 is 4.79 Å². The van der Waals surface area contributed by atoms with E-state index in [2.05, 4.69) is 55.7 Å². The van der Waals surface area contributed by atoms with Crippen molar-refractivity contribution in [1.29, 1.82) is 0 Å². The van der Waals surface area contributed by atoms with Crippen molar-refractivity contribution in [2.75, 3.05) is 18.4 Å². The predicted molar refractivity (Wildman–Crippen MR) is 146 cm³/mol. The minimum atomic E-state index is -0.215. The fourth-order valence-corrected chi connectivity index (χ4v) is 4.84. The highest BCUT2D eigenvalue weighted by Crippen LogP contribution is 2.34. The highest BCUT2D eigenvalue weighted by Gasteiger charge is 2.27. The average Bonchev–Trinajstić information content (AvgIpc) is 3.51. The number of carbonyl (C=O) groups excluding carboxylic acids is 1. The first-order valence-corrected chi connectivity index (χ1v) is 13.1. The topological polar surface area (TPSA) is 107 Å². The van der Waals surface area contributed by atoms with Gasteiger partial charge in [-0.2, -0.15) is 5.10 Å². The zero-order valence-electron chi connectivity index (χ0n) is 22.7. The Hall–Kier alpha value is -3.92. The van der Waals surface area contributed by atoms with E-state index in [4.69, 9.17) is 4.98 Å². The lowest BCUT2D eigenvalue weighted by molar-refractivity contribution is 0.0966. The van der Waals surface area contributed by atoms with Crippen LogP contribution >= 0.6 is 0 Å². The van der Waals surface area contributed by atoms with Gasteiger partial charge in [-0.15, -0.1) is 5.10 Å². The van der Waals surface area contributed by atoms with E-state index in [9.17, 15) is 4.79 Å². The Labute approximate surface area is 223 Å². The van der Waals surface area contributed by atoms with Crippen molar-refractivity contribution in [2.24, 2.45) is 7.05 Å². The number of carbonyl (C=O) groups is 1. The summed E-state index contributed by atoms with van der Waals surface area (Å²) in [7, 11) is 1.87. The second-order valence-electron chi connectivity index (χ2n) is 10.9. The molecule has 10 nitrogen and oxygen atoms in total. The van der Waals surface area contributed by atoms with Crippen LogP contribution in [0.3, 0.4) is 0 Å². The van der Waals surface area contributed by atoms with Crippen molar-refractivity contribution in [3.63, 3.8) is 0 Å². The highest BCUT2D eigenvalue weighted by molar-refractivity contribution is 5.94. The van der Waals surface area contributed by atoms with Gasteiger partial charge in [0.1, 0.15) is 5.69 Å². The second-order valence-corrected chi connectivity index (χ2v) is 10.9. The number of ketones is 1. The number of hydrogen-bond donors (Lipinski definition) is 1. The SMILES string of the molecule is CCN1CC[C@@H](CC(=O)c2cn(C(C)(C)C)nn2)c2ccc(-c3ccnc(Nc4cnn(C)c4)n3)cc2C1. The van der Waals surface area contributed by atoms with Gasteiger partial charge in [0.2, 0.25) is 5.95 Å². The van der Waals surface area contributed by atoms with E-state index in [1.165, 1.54) is 11.1 Å². The molecule has 1 N–H and O–H groups in total. The average molecular weight is 514 g/mol. The number of fused-ring (bicyclic) bond motifs is 1. The van der Waals surface area contributed by atoms with Crippen LogP contribution in [0.25, 0.3) is 11.3 Å². The van der Waals surface area contributed by atoms with E-state index in [0.29, 0.717) is 18.1 Å². The summed E-state index contributed by atoms with van der Waals surface area (Å²) in [6.45, 7) is 11.1. The van der Waals surface area contributed by atoms with Crippen molar-refractivity contribution in [1.82, 2.24) is 39.6 Å². The molecule has 4 aromatic rings. The number of Topliss-reactive ketones (excluding diaryl/α,β-unsaturated/α-hetero) is 1. The minimum absolute atomic E-state index is 0.0346. The van der Waals surface area contributed by atoms with Crippen molar-refractivity contribution in [3.05, 3.63) is 65.9 Å². The molecule has 5 rings (SSSR count).